The second-order valence-electron chi connectivity index (χ2n) is 14.4. The Morgan fingerprint density at radius 1 is 0.482 bits per heavy atom. The van der Waals surface area contributed by atoms with Crippen LogP contribution in [0.4, 0.5) is 0 Å². The molecule has 266 valence electrons. The molecule has 11 rings (SSSR count). The normalized spacial score (nSPS) is 15.7. The number of fused-ring (bicyclic) bond motifs is 6. The van der Waals surface area contributed by atoms with E-state index in [0.29, 0.717) is 0 Å². The minimum Gasteiger partial charge on any atom is -0.454 e. The first-order valence-electron chi connectivity index (χ1n) is 19.1. The van der Waals surface area contributed by atoms with Gasteiger partial charge in [0.15, 0.2) is 5.58 Å². The van der Waals surface area contributed by atoms with E-state index in [0.717, 1.165) is 72.3 Å². The highest BCUT2D eigenvalue weighted by molar-refractivity contribution is 6.18. The van der Waals surface area contributed by atoms with E-state index in [9.17, 15) is 0 Å². The minimum absolute atomic E-state index is 0.171. The maximum Gasteiger partial charge on any atom is 0.159 e. The largest absolute Gasteiger partial charge is 0.454 e. The van der Waals surface area contributed by atoms with Gasteiger partial charge in [0, 0.05) is 27.1 Å². The summed E-state index contributed by atoms with van der Waals surface area (Å²) in [6.45, 7) is 0. The van der Waals surface area contributed by atoms with Gasteiger partial charge in [-0.2, -0.15) is 0 Å². The van der Waals surface area contributed by atoms with E-state index in [2.05, 4.69) is 197 Å². The van der Waals surface area contributed by atoms with Gasteiger partial charge in [-0.05, 0) is 63.7 Å². The third-order valence-electron chi connectivity index (χ3n) is 11.1. The number of para-hydroxylation sites is 2. The molecule has 1 aliphatic heterocycles. The van der Waals surface area contributed by atoms with Crippen molar-refractivity contribution in [3.8, 4) is 27.9 Å². The fraction of sp³-hybridized carbons (Fsp3) is 0.0392. The van der Waals surface area contributed by atoms with E-state index in [4.69, 9.17) is 9.41 Å². The van der Waals surface area contributed by atoms with Gasteiger partial charge in [-0.3, -0.25) is 5.32 Å². The number of aromatic nitrogens is 1. The lowest BCUT2D eigenvalue weighted by Crippen LogP contribution is -2.44. The second kappa shape index (κ2) is 13.3. The van der Waals surface area contributed by atoms with Gasteiger partial charge in [0.25, 0.3) is 0 Å². The van der Waals surface area contributed by atoms with E-state index >= 15 is 0 Å². The number of furan rings is 1. The standard InChI is InChI=1S/C51H36N4O/c1-4-16-33(17-5-1)38-25-13-29-43-46(38)40-24-10-11-28-42(40)55(43)44-30-14-27-41-47-39(26-15-31-45(47)56-48(41)44)36-22-12-23-37(32-36)51-53-49(34-18-6-2-7-19-34)52-50(54-51)35-20-8-3-9-21-35/h1-32,49,51,53H,(H,52,54). The summed E-state index contributed by atoms with van der Waals surface area (Å²) in [5.41, 5.74) is 13.0. The highest BCUT2D eigenvalue weighted by Gasteiger charge is 2.26. The Balaban J connectivity index is 1.05. The Morgan fingerprint density at radius 2 is 1.09 bits per heavy atom. The van der Waals surface area contributed by atoms with Gasteiger partial charge in [0.1, 0.15) is 23.8 Å². The lowest BCUT2D eigenvalue weighted by molar-refractivity contribution is 0.409. The van der Waals surface area contributed by atoms with Gasteiger partial charge >= 0.3 is 0 Å². The summed E-state index contributed by atoms with van der Waals surface area (Å²) in [7, 11) is 0. The summed E-state index contributed by atoms with van der Waals surface area (Å²) in [5, 5.41) is 12.1. The maximum absolute atomic E-state index is 6.89. The number of nitrogens with zero attached hydrogens (tertiary/aromatic N) is 2. The van der Waals surface area contributed by atoms with Crippen LogP contribution in [0.3, 0.4) is 0 Å². The van der Waals surface area contributed by atoms with Gasteiger partial charge in [-0.25, -0.2) is 4.99 Å². The number of hydrogen-bond acceptors (Lipinski definition) is 4. The summed E-state index contributed by atoms with van der Waals surface area (Å²) >= 11 is 0. The molecular formula is C51H36N4O. The monoisotopic (exact) mass is 720 g/mol. The van der Waals surface area contributed by atoms with Crippen LogP contribution in [0.25, 0.3) is 71.7 Å². The number of nitrogens with one attached hydrogen (secondary N) is 2. The first kappa shape index (κ1) is 32.2. The maximum atomic E-state index is 6.89. The van der Waals surface area contributed by atoms with Crippen LogP contribution in [0.15, 0.2) is 204 Å². The second-order valence-corrected chi connectivity index (χ2v) is 14.4. The van der Waals surface area contributed by atoms with Crippen molar-refractivity contribution in [2.75, 3.05) is 0 Å². The predicted molar refractivity (Wildman–Crippen MR) is 230 cm³/mol. The lowest BCUT2D eigenvalue weighted by Gasteiger charge is -2.32. The molecule has 0 saturated heterocycles. The molecule has 10 aromatic rings. The van der Waals surface area contributed by atoms with Crippen molar-refractivity contribution in [1.82, 2.24) is 15.2 Å². The first-order chi connectivity index (χ1) is 27.8. The van der Waals surface area contributed by atoms with Crippen LogP contribution < -0.4 is 10.6 Å². The number of aliphatic imine (C=N–C) groups is 1. The van der Waals surface area contributed by atoms with Crippen molar-refractivity contribution >= 4 is 49.6 Å². The van der Waals surface area contributed by atoms with Crippen LogP contribution in [0.5, 0.6) is 0 Å². The third-order valence-corrected chi connectivity index (χ3v) is 11.1. The molecule has 0 bridgehead atoms. The summed E-state index contributed by atoms with van der Waals surface area (Å²) < 4.78 is 9.27. The number of hydrogen-bond donors (Lipinski definition) is 2. The van der Waals surface area contributed by atoms with Crippen LogP contribution in [0.2, 0.25) is 0 Å². The van der Waals surface area contributed by atoms with Crippen molar-refractivity contribution in [3.05, 3.63) is 211 Å². The van der Waals surface area contributed by atoms with Crippen molar-refractivity contribution < 1.29 is 4.42 Å². The van der Waals surface area contributed by atoms with Crippen molar-refractivity contribution in [3.63, 3.8) is 0 Å². The number of rotatable bonds is 6. The molecular weight excluding hydrogens is 685 g/mol. The predicted octanol–water partition coefficient (Wildman–Crippen LogP) is 12.4. The Morgan fingerprint density at radius 3 is 1.91 bits per heavy atom. The van der Waals surface area contributed by atoms with Crippen molar-refractivity contribution in [2.24, 2.45) is 4.99 Å². The molecule has 2 aromatic heterocycles. The zero-order chi connectivity index (χ0) is 37.0. The molecule has 5 nitrogen and oxygen atoms in total. The molecule has 0 fully saturated rings. The zero-order valence-corrected chi connectivity index (χ0v) is 30.4. The topological polar surface area (TPSA) is 54.5 Å². The lowest BCUT2D eigenvalue weighted by atomic mass is 9.96. The summed E-state index contributed by atoms with van der Waals surface area (Å²) in [5.74, 6) is 0.866. The average molecular weight is 721 g/mol. The first-order valence-corrected chi connectivity index (χ1v) is 19.1. The molecule has 5 heteroatoms. The molecule has 8 aromatic carbocycles. The van der Waals surface area contributed by atoms with Crippen molar-refractivity contribution in [1.29, 1.82) is 0 Å². The molecule has 2 unspecified atom stereocenters. The van der Waals surface area contributed by atoms with Crippen LogP contribution in [0, 0.1) is 0 Å². The molecule has 2 atom stereocenters. The molecule has 3 heterocycles. The Labute approximate surface area is 324 Å². The minimum atomic E-state index is -0.203. The third kappa shape index (κ3) is 5.32. The molecule has 0 aliphatic carbocycles. The molecule has 0 radical (unpaired) electrons. The molecule has 0 amide bonds. The van der Waals surface area contributed by atoms with E-state index < -0.39 is 0 Å². The number of benzene rings is 8. The molecule has 0 saturated carbocycles. The smallest absolute Gasteiger partial charge is 0.159 e. The molecule has 1 aliphatic rings. The highest BCUT2D eigenvalue weighted by Crippen LogP contribution is 2.43. The summed E-state index contributed by atoms with van der Waals surface area (Å²) in [6.07, 6.45) is -0.374. The Hall–Kier alpha value is -7.21. The SMILES string of the molecule is c1ccc(C2=NC(c3ccccc3)NC(c3cccc(-c4cccc5oc6c(-n7c8ccccc8c8c(-c9ccccc9)cccc87)cccc6c45)c3)N2)cc1. The summed E-state index contributed by atoms with van der Waals surface area (Å²) in [6, 6.07) is 68.5. The van der Waals surface area contributed by atoms with Gasteiger partial charge < -0.3 is 14.3 Å². The van der Waals surface area contributed by atoms with Gasteiger partial charge in [0.2, 0.25) is 0 Å². The van der Waals surface area contributed by atoms with E-state index in [1.54, 1.807) is 0 Å². The van der Waals surface area contributed by atoms with Crippen molar-refractivity contribution in [2.45, 2.75) is 12.3 Å². The van der Waals surface area contributed by atoms with E-state index in [1.807, 2.05) is 12.1 Å². The van der Waals surface area contributed by atoms with Gasteiger partial charge in [-0.1, -0.05) is 164 Å². The van der Waals surface area contributed by atoms with Crippen LogP contribution in [-0.2, 0) is 0 Å². The molecule has 56 heavy (non-hydrogen) atoms. The van der Waals surface area contributed by atoms with E-state index in [-0.39, 0.29) is 12.3 Å². The fourth-order valence-corrected chi connectivity index (χ4v) is 8.55. The van der Waals surface area contributed by atoms with E-state index in [1.165, 1.54) is 21.9 Å². The Bertz CT molecular complexity index is 3090. The molecule has 0 spiro atoms. The Kier molecular flexibility index (Phi) is 7.64. The average Bonchev–Trinajstić information content (AvgIpc) is 3.83. The summed E-state index contributed by atoms with van der Waals surface area (Å²) in [4.78, 5) is 5.11. The highest BCUT2D eigenvalue weighted by atomic mass is 16.3. The van der Waals surface area contributed by atoms with Gasteiger partial charge in [-0.15, -0.1) is 0 Å². The van der Waals surface area contributed by atoms with Crippen LogP contribution in [-0.4, -0.2) is 10.4 Å². The zero-order valence-electron chi connectivity index (χ0n) is 30.4. The van der Waals surface area contributed by atoms with Gasteiger partial charge in [0.05, 0.1) is 16.7 Å². The quantitative estimate of drug-likeness (QED) is 0.180. The molecule has 2 N–H and O–H groups in total. The van der Waals surface area contributed by atoms with Crippen LogP contribution >= 0.6 is 0 Å². The fourth-order valence-electron chi connectivity index (χ4n) is 8.55. The number of amidine groups is 1. The van der Waals surface area contributed by atoms with Crippen LogP contribution in [0.1, 0.15) is 29.0 Å².